The van der Waals surface area contributed by atoms with E-state index in [0.717, 1.165) is 37.1 Å². The fourth-order valence-electron chi connectivity index (χ4n) is 3.31. The zero-order chi connectivity index (χ0) is 17.5. The van der Waals surface area contributed by atoms with Crippen LogP contribution in [0.2, 0.25) is 0 Å². The molecule has 1 N–H and O–H groups in total. The Morgan fingerprint density at radius 1 is 1.00 bits per heavy atom. The summed E-state index contributed by atoms with van der Waals surface area (Å²) in [4.78, 5) is 26.3. The molecule has 0 radical (unpaired) electrons. The van der Waals surface area contributed by atoms with Gasteiger partial charge in [0, 0.05) is 26.1 Å². The molecule has 1 aliphatic rings. The minimum atomic E-state index is -0.309. The molecule has 0 saturated carbocycles. The van der Waals surface area contributed by atoms with Crippen LogP contribution in [0.15, 0.2) is 60.7 Å². The van der Waals surface area contributed by atoms with Crippen LogP contribution in [0.4, 0.5) is 0 Å². The van der Waals surface area contributed by atoms with Gasteiger partial charge >= 0.3 is 0 Å². The number of hydrogen-bond donors (Lipinski definition) is 1. The Morgan fingerprint density at radius 3 is 2.12 bits per heavy atom. The number of rotatable bonds is 7. The van der Waals surface area contributed by atoms with Crippen molar-refractivity contribution in [1.29, 1.82) is 0 Å². The fraction of sp³-hybridized carbons (Fsp3) is 0.333. The average Bonchev–Trinajstić information content (AvgIpc) is 3.06. The average molecular weight is 336 g/mol. The highest BCUT2D eigenvalue weighted by Crippen LogP contribution is 2.24. The Labute approximate surface area is 148 Å². The molecule has 2 aromatic rings. The molecule has 0 aliphatic carbocycles. The number of carbonyl (C=O) groups is 2. The monoisotopic (exact) mass is 336 g/mol. The molecule has 0 atom stereocenters. The van der Waals surface area contributed by atoms with Crippen LogP contribution < -0.4 is 5.32 Å². The summed E-state index contributed by atoms with van der Waals surface area (Å²) < 4.78 is 0. The van der Waals surface area contributed by atoms with Crippen LogP contribution in [0.25, 0.3) is 0 Å². The van der Waals surface area contributed by atoms with Gasteiger partial charge in [-0.2, -0.15) is 0 Å². The van der Waals surface area contributed by atoms with Gasteiger partial charge in [0.25, 0.3) is 0 Å². The van der Waals surface area contributed by atoms with Crippen molar-refractivity contribution < 1.29 is 9.59 Å². The van der Waals surface area contributed by atoms with E-state index in [1.807, 2.05) is 65.6 Å². The van der Waals surface area contributed by atoms with Gasteiger partial charge in [0.1, 0.15) is 0 Å². The van der Waals surface area contributed by atoms with E-state index in [-0.39, 0.29) is 17.7 Å². The van der Waals surface area contributed by atoms with Gasteiger partial charge in [-0.05, 0) is 24.0 Å². The second-order valence-electron chi connectivity index (χ2n) is 6.38. The summed E-state index contributed by atoms with van der Waals surface area (Å²) in [5, 5.41) is 3.04. The first-order chi connectivity index (χ1) is 12.3. The third-order valence-electron chi connectivity index (χ3n) is 4.60. The van der Waals surface area contributed by atoms with Gasteiger partial charge in [0.05, 0.1) is 5.92 Å². The van der Waals surface area contributed by atoms with Crippen molar-refractivity contribution in [2.75, 3.05) is 19.6 Å². The molecule has 0 aromatic heterocycles. The zero-order valence-corrected chi connectivity index (χ0v) is 14.4. The first-order valence-electron chi connectivity index (χ1n) is 8.91. The molecule has 0 unspecified atom stereocenters. The lowest BCUT2D eigenvalue weighted by molar-refractivity contribution is -0.127. The van der Waals surface area contributed by atoms with Crippen LogP contribution in [-0.4, -0.2) is 36.3 Å². The van der Waals surface area contributed by atoms with Gasteiger partial charge in [-0.3, -0.25) is 9.59 Å². The maximum Gasteiger partial charge on any atom is 0.232 e. The molecule has 130 valence electrons. The van der Waals surface area contributed by atoms with Crippen molar-refractivity contribution in [3.05, 3.63) is 71.8 Å². The van der Waals surface area contributed by atoms with Crippen molar-refractivity contribution >= 4 is 11.8 Å². The summed E-state index contributed by atoms with van der Waals surface area (Å²) >= 11 is 0. The number of nitrogens with one attached hydrogen (secondary N) is 1. The molecule has 25 heavy (non-hydrogen) atoms. The molecule has 1 aliphatic heterocycles. The van der Waals surface area contributed by atoms with Crippen molar-refractivity contribution in [2.24, 2.45) is 0 Å². The second kappa shape index (κ2) is 8.47. The van der Waals surface area contributed by atoms with Crippen LogP contribution in [0.3, 0.4) is 0 Å². The highest BCUT2D eigenvalue weighted by atomic mass is 16.2. The van der Waals surface area contributed by atoms with E-state index in [4.69, 9.17) is 0 Å². The lowest BCUT2D eigenvalue weighted by Crippen LogP contribution is -2.33. The van der Waals surface area contributed by atoms with Gasteiger partial charge in [-0.25, -0.2) is 0 Å². The molecule has 4 nitrogen and oxygen atoms in total. The summed E-state index contributed by atoms with van der Waals surface area (Å²) in [7, 11) is 0. The third-order valence-corrected chi connectivity index (χ3v) is 4.60. The summed E-state index contributed by atoms with van der Waals surface area (Å²) in [5.41, 5.74) is 1.97. The van der Waals surface area contributed by atoms with Crippen LogP contribution in [-0.2, 0) is 9.59 Å². The maximum atomic E-state index is 12.8. The van der Waals surface area contributed by atoms with Gasteiger partial charge < -0.3 is 10.2 Å². The minimum absolute atomic E-state index is 0.00477. The van der Waals surface area contributed by atoms with Crippen LogP contribution in [0.5, 0.6) is 0 Å². The summed E-state index contributed by atoms with van der Waals surface area (Å²) in [6.07, 6.45) is 2.40. The Balaban J connectivity index is 1.61. The van der Waals surface area contributed by atoms with Gasteiger partial charge in [0.15, 0.2) is 0 Å². The van der Waals surface area contributed by atoms with Crippen LogP contribution >= 0.6 is 0 Å². The molecule has 2 aromatic carbocycles. The van der Waals surface area contributed by atoms with Crippen molar-refractivity contribution in [2.45, 2.75) is 25.2 Å². The smallest absolute Gasteiger partial charge is 0.232 e. The normalized spacial score (nSPS) is 14.1. The molecule has 1 heterocycles. The number of hydrogen-bond acceptors (Lipinski definition) is 2. The Kier molecular flexibility index (Phi) is 5.83. The second-order valence-corrected chi connectivity index (χ2v) is 6.38. The molecule has 1 saturated heterocycles. The van der Waals surface area contributed by atoms with Crippen molar-refractivity contribution in [1.82, 2.24) is 10.2 Å². The van der Waals surface area contributed by atoms with E-state index in [1.165, 1.54) is 0 Å². The fourth-order valence-corrected chi connectivity index (χ4v) is 3.31. The van der Waals surface area contributed by atoms with Crippen molar-refractivity contribution in [3.63, 3.8) is 0 Å². The number of nitrogens with zero attached hydrogens (tertiary/aromatic N) is 1. The van der Waals surface area contributed by atoms with Gasteiger partial charge in [-0.15, -0.1) is 0 Å². The molecule has 1 fully saturated rings. The lowest BCUT2D eigenvalue weighted by atomic mass is 9.90. The Bertz CT molecular complexity index is 661. The number of amides is 2. The standard InChI is InChI=1S/C21H24N2O2/c24-19-13-7-15-23(19)16-8-14-22-21(25)20(17-9-3-1-4-10-17)18-11-5-2-6-12-18/h1-6,9-12,20H,7-8,13-16H2,(H,22,25). The molecule has 4 heteroatoms. The third kappa shape index (κ3) is 4.47. The molecular formula is C21H24N2O2. The van der Waals surface area contributed by atoms with Crippen LogP contribution in [0.1, 0.15) is 36.3 Å². The van der Waals surface area contributed by atoms with E-state index < -0.39 is 0 Å². The van der Waals surface area contributed by atoms with E-state index in [0.29, 0.717) is 13.0 Å². The molecule has 3 rings (SSSR count). The van der Waals surface area contributed by atoms with E-state index >= 15 is 0 Å². The predicted molar refractivity (Wildman–Crippen MR) is 98.2 cm³/mol. The Morgan fingerprint density at radius 2 is 1.60 bits per heavy atom. The SMILES string of the molecule is O=C(NCCCN1CCCC1=O)C(c1ccccc1)c1ccccc1. The quantitative estimate of drug-likeness (QED) is 0.790. The number of benzene rings is 2. The minimum Gasteiger partial charge on any atom is -0.355 e. The molecule has 2 amide bonds. The van der Waals surface area contributed by atoms with Crippen LogP contribution in [0, 0.1) is 0 Å². The Hall–Kier alpha value is -2.62. The first kappa shape index (κ1) is 17.2. The number of carbonyl (C=O) groups excluding carboxylic acids is 2. The van der Waals surface area contributed by atoms with Gasteiger partial charge in [0.2, 0.25) is 11.8 Å². The first-order valence-corrected chi connectivity index (χ1v) is 8.91. The number of likely N-dealkylation sites (tertiary alicyclic amines) is 1. The summed E-state index contributed by atoms with van der Waals surface area (Å²) in [6.45, 7) is 2.16. The topological polar surface area (TPSA) is 49.4 Å². The largest absolute Gasteiger partial charge is 0.355 e. The van der Waals surface area contributed by atoms with Gasteiger partial charge in [-0.1, -0.05) is 60.7 Å². The zero-order valence-electron chi connectivity index (χ0n) is 14.4. The molecule has 0 bridgehead atoms. The maximum absolute atomic E-state index is 12.8. The molecule has 0 spiro atoms. The molecular weight excluding hydrogens is 312 g/mol. The van der Waals surface area contributed by atoms with E-state index in [2.05, 4.69) is 5.32 Å². The predicted octanol–water partition coefficient (Wildman–Crippen LogP) is 2.95. The highest BCUT2D eigenvalue weighted by molar-refractivity contribution is 5.87. The summed E-state index contributed by atoms with van der Waals surface area (Å²) in [6, 6.07) is 19.7. The van der Waals surface area contributed by atoms with E-state index in [9.17, 15) is 9.59 Å². The van der Waals surface area contributed by atoms with Crippen molar-refractivity contribution in [3.8, 4) is 0 Å². The van der Waals surface area contributed by atoms with E-state index in [1.54, 1.807) is 0 Å². The lowest BCUT2D eigenvalue weighted by Gasteiger charge is -2.19. The highest BCUT2D eigenvalue weighted by Gasteiger charge is 2.23. The summed E-state index contributed by atoms with van der Waals surface area (Å²) in [5.74, 6) is -0.0706.